The molecule has 0 aromatic heterocycles. The number of ether oxygens (including phenoxy) is 1. The highest BCUT2D eigenvalue weighted by molar-refractivity contribution is 5.28. The van der Waals surface area contributed by atoms with Gasteiger partial charge in [0.1, 0.15) is 11.6 Å². The maximum absolute atomic E-state index is 13.8. The molecule has 0 amide bonds. The van der Waals surface area contributed by atoms with Crippen LogP contribution in [0.3, 0.4) is 0 Å². The van der Waals surface area contributed by atoms with Crippen molar-refractivity contribution in [1.29, 1.82) is 0 Å². The number of piperidine rings is 1. The molecule has 2 rings (SSSR count). The van der Waals surface area contributed by atoms with Crippen molar-refractivity contribution in [1.82, 2.24) is 4.90 Å². The zero-order valence-electron chi connectivity index (χ0n) is 10.7. The van der Waals surface area contributed by atoms with E-state index in [1.54, 1.807) is 12.1 Å². The topological polar surface area (TPSA) is 32.7 Å². The molecule has 3 nitrogen and oxygen atoms in total. The van der Waals surface area contributed by atoms with Crippen LogP contribution in [-0.4, -0.2) is 36.8 Å². The van der Waals surface area contributed by atoms with Gasteiger partial charge in [-0.1, -0.05) is 6.07 Å². The summed E-state index contributed by atoms with van der Waals surface area (Å²) in [6.45, 7) is 2.65. The van der Waals surface area contributed by atoms with E-state index in [9.17, 15) is 9.50 Å². The van der Waals surface area contributed by atoms with Gasteiger partial charge in [-0.3, -0.25) is 4.90 Å². The number of aliphatic hydroxyl groups excluding tert-OH is 1. The van der Waals surface area contributed by atoms with E-state index in [0.29, 0.717) is 23.8 Å². The van der Waals surface area contributed by atoms with Crippen LogP contribution in [0, 0.1) is 11.7 Å². The Morgan fingerprint density at radius 3 is 3.00 bits per heavy atom. The number of likely N-dealkylation sites (tertiary alicyclic amines) is 1. The zero-order chi connectivity index (χ0) is 13.0. The molecule has 4 heteroatoms. The summed E-state index contributed by atoms with van der Waals surface area (Å²) >= 11 is 0. The maximum atomic E-state index is 13.8. The van der Waals surface area contributed by atoms with Gasteiger partial charge in [-0.15, -0.1) is 0 Å². The van der Waals surface area contributed by atoms with Crippen LogP contribution in [0.15, 0.2) is 18.2 Å². The van der Waals surface area contributed by atoms with Gasteiger partial charge in [0, 0.05) is 31.3 Å². The Morgan fingerprint density at radius 2 is 2.33 bits per heavy atom. The van der Waals surface area contributed by atoms with E-state index < -0.39 is 0 Å². The molecule has 0 aliphatic carbocycles. The first-order valence-corrected chi connectivity index (χ1v) is 6.38. The van der Waals surface area contributed by atoms with Gasteiger partial charge in [-0.25, -0.2) is 4.39 Å². The molecule has 1 heterocycles. The second kappa shape index (κ2) is 6.16. The van der Waals surface area contributed by atoms with Crippen molar-refractivity contribution in [2.45, 2.75) is 19.4 Å². The van der Waals surface area contributed by atoms with E-state index >= 15 is 0 Å². The summed E-state index contributed by atoms with van der Waals surface area (Å²) in [6.07, 6.45) is 2.14. The number of methoxy groups -OCH3 is 1. The molecule has 1 aliphatic rings. The molecule has 0 spiro atoms. The van der Waals surface area contributed by atoms with E-state index in [1.165, 1.54) is 13.2 Å². The number of halogens is 1. The first kappa shape index (κ1) is 13.3. The van der Waals surface area contributed by atoms with Crippen LogP contribution >= 0.6 is 0 Å². The van der Waals surface area contributed by atoms with Gasteiger partial charge >= 0.3 is 0 Å². The predicted molar refractivity (Wildman–Crippen MR) is 68.0 cm³/mol. The molecule has 0 saturated carbocycles. The van der Waals surface area contributed by atoms with Gasteiger partial charge in [-0.2, -0.15) is 0 Å². The monoisotopic (exact) mass is 253 g/mol. The Balaban J connectivity index is 2.00. The summed E-state index contributed by atoms with van der Waals surface area (Å²) in [4.78, 5) is 2.20. The van der Waals surface area contributed by atoms with E-state index in [0.717, 1.165) is 25.9 Å². The SMILES string of the molecule is COc1ccc(CN2CCCC(CO)C2)c(F)c1. The lowest BCUT2D eigenvalue weighted by atomic mass is 9.98. The Labute approximate surface area is 107 Å². The molecule has 1 saturated heterocycles. The lowest BCUT2D eigenvalue weighted by Gasteiger charge is -2.31. The van der Waals surface area contributed by atoms with E-state index in [-0.39, 0.29) is 12.4 Å². The highest BCUT2D eigenvalue weighted by Gasteiger charge is 2.20. The number of aliphatic hydroxyl groups is 1. The van der Waals surface area contributed by atoms with Crippen molar-refractivity contribution >= 4 is 0 Å². The summed E-state index contributed by atoms with van der Waals surface area (Å²) in [5, 5.41) is 9.18. The Kier molecular flexibility index (Phi) is 4.55. The second-order valence-electron chi connectivity index (χ2n) is 4.88. The minimum absolute atomic E-state index is 0.222. The molecule has 1 atom stereocenters. The largest absolute Gasteiger partial charge is 0.497 e. The molecule has 0 radical (unpaired) electrons. The standard InChI is InChI=1S/C14H20FNO2/c1-18-13-5-4-12(14(15)7-13)9-16-6-2-3-11(8-16)10-17/h4-5,7,11,17H,2-3,6,8-10H2,1H3. The van der Waals surface area contributed by atoms with Crippen molar-refractivity contribution in [3.63, 3.8) is 0 Å². The summed E-state index contributed by atoms with van der Waals surface area (Å²) in [5.41, 5.74) is 0.689. The predicted octanol–water partition coefficient (Wildman–Crippen LogP) is 2.04. The quantitative estimate of drug-likeness (QED) is 0.891. The molecule has 1 aliphatic heterocycles. The van der Waals surface area contributed by atoms with Crippen molar-refractivity contribution in [3.05, 3.63) is 29.6 Å². The molecular weight excluding hydrogens is 233 g/mol. The third kappa shape index (κ3) is 3.21. The molecule has 1 aromatic carbocycles. The van der Waals surface area contributed by atoms with Crippen LogP contribution in [0.5, 0.6) is 5.75 Å². The molecule has 100 valence electrons. The normalized spacial score (nSPS) is 20.9. The Morgan fingerprint density at radius 1 is 1.50 bits per heavy atom. The fourth-order valence-corrected chi connectivity index (χ4v) is 2.47. The smallest absolute Gasteiger partial charge is 0.131 e. The van der Waals surface area contributed by atoms with Crippen LogP contribution in [0.1, 0.15) is 18.4 Å². The van der Waals surface area contributed by atoms with Gasteiger partial charge < -0.3 is 9.84 Å². The third-order valence-electron chi connectivity index (χ3n) is 3.52. The minimum Gasteiger partial charge on any atom is -0.497 e. The van der Waals surface area contributed by atoms with Crippen LogP contribution < -0.4 is 4.74 Å². The minimum atomic E-state index is -0.222. The highest BCUT2D eigenvalue weighted by atomic mass is 19.1. The molecule has 1 fully saturated rings. The number of hydrogen-bond acceptors (Lipinski definition) is 3. The Hall–Kier alpha value is -1.13. The first-order valence-electron chi connectivity index (χ1n) is 6.38. The average Bonchev–Trinajstić information content (AvgIpc) is 2.41. The lowest BCUT2D eigenvalue weighted by molar-refractivity contribution is 0.115. The van der Waals surface area contributed by atoms with Gasteiger partial charge in [-0.05, 0) is 31.4 Å². The molecule has 18 heavy (non-hydrogen) atoms. The molecule has 0 bridgehead atoms. The third-order valence-corrected chi connectivity index (χ3v) is 3.52. The van der Waals surface area contributed by atoms with Crippen LogP contribution in [-0.2, 0) is 6.54 Å². The van der Waals surface area contributed by atoms with Gasteiger partial charge in [0.25, 0.3) is 0 Å². The maximum Gasteiger partial charge on any atom is 0.131 e. The molecule has 1 aromatic rings. The summed E-state index contributed by atoms with van der Waals surface area (Å²) in [7, 11) is 1.53. The Bertz CT molecular complexity index is 397. The fourth-order valence-electron chi connectivity index (χ4n) is 2.47. The second-order valence-corrected chi connectivity index (χ2v) is 4.88. The average molecular weight is 253 g/mol. The zero-order valence-corrected chi connectivity index (χ0v) is 10.7. The van der Waals surface area contributed by atoms with E-state index in [4.69, 9.17) is 4.74 Å². The first-order chi connectivity index (χ1) is 8.72. The van der Waals surface area contributed by atoms with Gasteiger partial charge in [0.15, 0.2) is 0 Å². The molecular formula is C14H20FNO2. The van der Waals surface area contributed by atoms with Crippen LogP contribution in [0.25, 0.3) is 0 Å². The van der Waals surface area contributed by atoms with Crippen molar-refractivity contribution in [2.75, 3.05) is 26.8 Å². The molecule has 1 unspecified atom stereocenters. The van der Waals surface area contributed by atoms with E-state index in [1.807, 2.05) is 0 Å². The van der Waals surface area contributed by atoms with Crippen molar-refractivity contribution in [2.24, 2.45) is 5.92 Å². The van der Waals surface area contributed by atoms with Crippen LogP contribution in [0.4, 0.5) is 4.39 Å². The number of rotatable bonds is 4. The van der Waals surface area contributed by atoms with Crippen molar-refractivity contribution in [3.8, 4) is 5.75 Å². The number of benzene rings is 1. The summed E-state index contributed by atoms with van der Waals surface area (Å²) < 4.78 is 18.8. The van der Waals surface area contributed by atoms with Crippen LogP contribution in [0.2, 0.25) is 0 Å². The number of nitrogens with zero attached hydrogens (tertiary/aromatic N) is 1. The van der Waals surface area contributed by atoms with Crippen molar-refractivity contribution < 1.29 is 14.2 Å². The van der Waals surface area contributed by atoms with E-state index in [2.05, 4.69) is 4.90 Å². The molecule has 1 N–H and O–H groups in total. The summed E-state index contributed by atoms with van der Waals surface area (Å²) in [6, 6.07) is 4.98. The van der Waals surface area contributed by atoms with Gasteiger partial charge in [0.2, 0.25) is 0 Å². The summed E-state index contributed by atoms with van der Waals surface area (Å²) in [5.74, 6) is 0.656. The fraction of sp³-hybridized carbons (Fsp3) is 0.571. The number of hydrogen-bond donors (Lipinski definition) is 1. The lowest BCUT2D eigenvalue weighted by Crippen LogP contribution is -2.36. The highest BCUT2D eigenvalue weighted by Crippen LogP contribution is 2.21. The van der Waals surface area contributed by atoms with Gasteiger partial charge in [0.05, 0.1) is 7.11 Å².